The minimum Gasteiger partial charge on any atom is -0.456 e. The van der Waals surface area contributed by atoms with Crippen LogP contribution in [0, 0.1) is 10.1 Å². The third kappa shape index (κ3) is 4.55. The van der Waals surface area contributed by atoms with E-state index in [1.54, 1.807) is 30.3 Å². The molecule has 3 aromatic carbocycles. The minimum absolute atomic E-state index is 0.0340. The van der Waals surface area contributed by atoms with E-state index in [9.17, 15) is 18.5 Å². The van der Waals surface area contributed by atoms with Crippen molar-refractivity contribution in [3.05, 3.63) is 87.9 Å². The average molecular weight is 405 g/mol. The number of benzene rings is 3. The summed E-state index contributed by atoms with van der Waals surface area (Å²) in [5.74, 6) is 0.363. The van der Waals surface area contributed by atoms with Crippen LogP contribution >= 0.6 is 11.6 Å². The molecule has 27 heavy (non-hydrogen) atoms. The first kappa shape index (κ1) is 18.7. The summed E-state index contributed by atoms with van der Waals surface area (Å²) in [6.45, 7) is 0. The predicted molar refractivity (Wildman–Crippen MR) is 102 cm³/mol. The Bertz CT molecular complexity index is 1070. The molecule has 9 heteroatoms. The Morgan fingerprint density at radius 3 is 2.26 bits per heavy atom. The highest BCUT2D eigenvalue weighted by Gasteiger charge is 2.24. The van der Waals surface area contributed by atoms with Crippen molar-refractivity contribution in [3.8, 4) is 11.5 Å². The molecule has 1 N–H and O–H groups in total. The van der Waals surface area contributed by atoms with Gasteiger partial charge in [0.15, 0.2) is 0 Å². The van der Waals surface area contributed by atoms with Gasteiger partial charge in [-0.15, -0.1) is 0 Å². The fraction of sp³-hybridized carbons (Fsp3) is 0. The van der Waals surface area contributed by atoms with E-state index in [1.165, 1.54) is 36.4 Å². The Kier molecular flexibility index (Phi) is 5.29. The maximum Gasteiger partial charge on any atom is 0.271 e. The summed E-state index contributed by atoms with van der Waals surface area (Å²) in [6, 6.07) is 17.9. The van der Waals surface area contributed by atoms with E-state index >= 15 is 0 Å². The molecule has 0 aliphatic heterocycles. The topological polar surface area (TPSA) is 98.5 Å². The molecule has 0 aromatic heterocycles. The molecule has 0 aliphatic rings. The largest absolute Gasteiger partial charge is 0.456 e. The highest BCUT2D eigenvalue weighted by Crippen LogP contribution is 2.33. The number of ether oxygens (including phenoxy) is 1. The van der Waals surface area contributed by atoms with Gasteiger partial charge in [0.2, 0.25) is 0 Å². The third-order valence-electron chi connectivity index (χ3n) is 3.50. The van der Waals surface area contributed by atoms with Gasteiger partial charge in [-0.3, -0.25) is 14.8 Å². The molecule has 0 spiro atoms. The SMILES string of the molecule is O=[N+]([O-])c1ccc(Oc2ccccc2)c(S(=O)(=O)Nc2ccc(Cl)cc2)c1. The molecule has 0 saturated heterocycles. The van der Waals surface area contributed by atoms with Crippen LogP contribution in [0.25, 0.3) is 0 Å². The van der Waals surface area contributed by atoms with Gasteiger partial charge >= 0.3 is 0 Å². The van der Waals surface area contributed by atoms with Crippen LogP contribution < -0.4 is 9.46 Å². The van der Waals surface area contributed by atoms with Gasteiger partial charge in [0, 0.05) is 22.8 Å². The van der Waals surface area contributed by atoms with Gasteiger partial charge in [0.25, 0.3) is 15.7 Å². The molecule has 0 aliphatic carbocycles. The van der Waals surface area contributed by atoms with Gasteiger partial charge in [0.05, 0.1) is 4.92 Å². The summed E-state index contributed by atoms with van der Waals surface area (Å²) < 4.78 is 33.6. The molecule has 0 radical (unpaired) electrons. The number of halogens is 1. The van der Waals surface area contributed by atoms with Gasteiger partial charge in [-0.2, -0.15) is 0 Å². The van der Waals surface area contributed by atoms with Crippen LogP contribution in [0.3, 0.4) is 0 Å². The number of non-ortho nitro benzene ring substituents is 1. The zero-order chi connectivity index (χ0) is 19.4. The van der Waals surface area contributed by atoms with Crippen LogP contribution in [-0.4, -0.2) is 13.3 Å². The Labute approximate surface area is 160 Å². The van der Waals surface area contributed by atoms with E-state index in [4.69, 9.17) is 16.3 Å². The van der Waals surface area contributed by atoms with Crippen LogP contribution in [0.1, 0.15) is 0 Å². The summed E-state index contributed by atoms with van der Waals surface area (Å²) in [7, 11) is -4.16. The van der Waals surface area contributed by atoms with Gasteiger partial charge in [-0.1, -0.05) is 29.8 Å². The van der Waals surface area contributed by atoms with Gasteiger partial charge < -0.3 is 4.74 Å². The minimum atomic E-state index is -4.16. The van der Waals surface area contributed by atoms with Crippen molar-refractivity contribution in [1.82, 2.24) is 0 Å². The van der Waals surface area contributed by atoms with Crippen LogP contribution in [0.4, 0.5) is 11.4 Å². The first-order valence-electron chi connectivity index (χ1n) is 7.65. The predicted octanol–water partition coefficient (Wildman–Crippen LogP) is 4.84. The van der Waals surface area contributed by atoms with E-state index in [-0.39, 0.29) is 22.0 Å². The highest BCUT2D eigenvalue weighted by molar-refractivity contribution is 7.92. The third-order valence-corrected chi connectivity index (χ3v) is 5.15. The number of anilines is 1. The van der Waals surface area contributed by atoms with E-state index < -0.39 is 14.9 Å². The summed E-state index contributed by atoms with van der Waals surface area (Å²) in [6.07, 6.45) is 0. The molecule has 7 nitrogen and oxygen atoms in total. The van der Waals surface area contributed by atoms with Crippen molar-refractivity contribution in [1.29, 1.82) is 0 Å². The second-order valence-corrected chi connectivity index (χ2v) is 7.50. The van der Waals surface area contributed by atoms with Gasteiger partial charge in [-0.05, 0) is 42.5 Å². The fourth-order valence-electron chi connectivity index (χ4n) is 2.25. The second-order valence-electron chi connectivity index (χ2n) is 5.42. The standard InChI is InChI=1S/C18H13ClN2O5S/c19-13-6-8-14(9-7-13)20-27(24,25)18-12-15(21(22)23)10-11-17(18)26-16-4-2-1-3-5-16/h1-12,20H. The van der Waals surface area contributed by atoms with Crippen molar-refractivity contribution in [2.24, 2.45) is 0 Å². The summed E-state index contributed by atoms with van der Waals surface area (Å²) in [5.41, 5.74) is -0.108. The number of hydrogen-bond donors (Lipinski definition) is 1. The Morgan fingerprint density at radius 2 is 1.63 bits per heavy atom. The molecule has 138 valence electrons. The number of nitro groups is 1. The summed E-state index contributed by atoms with van der Waals surface area (Å²) in [4.78, 5) is 10.1. The number of nitrogens with zero attached hydrogens (tertiary/aromatic N) is 1. The molecule has 0 fully saturated rings. The van der Waals surface area contributed by atoms with Crippen LogP contribution in [0.15, 0.2) is 77.7 Å². The van der Waals surface area contributed by atoms with Gasteiger partial charge in [-0.25, -0.2) is 8.42 Å². The Balaban J connectivity index is 2.03. The Hall–Kier alpha value is -3.10. The van der Waals surface area contributed by atoms with Crippen molar-refractivity contribution >= 4 is 33.0 Å². The van der Waals surface area contributed by atoms with Crippen molar-refractivity contribution in [3.63, 3.8) is 0 Å². The van der Waals surface area contributed by atoms with Gasteiger partial charge in [0.1, 0.15) is 16.4 Å². The number of hydrogen-bond acceptors (Lipinski definition) is 5. The maximum absolute atomic E-state index is 12.8. The zero-order valence-corrected chi connectivity index (χ0v) is 15.3. The normalized spacial score (nSPS) is 11.0. The van der Waals surface area contributed by atoms with Crippen molar-refractivity contribution in [2.45, 2.75) is 4.90 Å². The van der Waals surface area contributed by atoms with Crippen molar-refractivity contribution < 1.29 is 18.1 Å². The Morgan fingerprint density at radius 1 is 0.963 bits per heavy atom. The quantitative estimate of drug-likeness (QED) is 0.468. The smallest absolute Gasteiger partial charge is 0.271 e. The number of para-hydroxylation sites is 1. The first-order chi connectivity index (χ1) is 12.8. The molecular weight excluding hydrogens is 392 g/mol. The molecule has 0 bridgehead atoms. The van der Waals surface area contributed by atoms with Crippen molar-refractivity contribution in [2.75, 3.05) is 4.72 Å². The lowest BCUT2D eigenvalue weighted by Crippen LogP contribution is -2.14. The average Bonchev–Trinajstić information content (AvgIpc) is 2.64. The van der Waals surface area contributed by atoms with Crippen LogP contribution in [0.2, 0.25) is 5.02 Å². The van der Waals surface area contributed by atoms with E-state index in [0.29, 0.717) is 10.8 Å². The number of nitrogens with one attached hydrogen (secondary N) is 1. The van der Waals surface area contributed by atoms with Crippen LogP contribution in [-0.2, 0) is 10.0 Å². The lowest BCUT2D eigenvalue weighted by molar-refractivity contribution is -0.385. The number of rotatable bonds is 6. The maximum atomic E-state index is 12.8. The molecule has 0 heterocycles. The van der Waals surface area contributed by atoms with Crippen LogP contribution in [0.5, 0.6) is 11.5 Å². The van der Waals surface area contributed by atoms with E-state index in [2.05, 4.69) is 4.72 Å². The summed E-state index contributed by atoms with van der Waals surface area (Å²) >= 11 is 5.80. The van der Waals surface area contributed by atoms with E-state index in [1.807, 2.05) is 0 Å². The molecule has 0 atom stereocenters. The molecule has 3 rings (SSSR count). The summed E-state index contributed by atoms with van der Waals surface area (Å²) in [5, 5.41) is 11.5. The zero-order valence-electron chi connectivity index (χ0n) is 13.7. The van der Waals surface area contributed by atoms with E-state index in [0.717, 1.165) is 6.07 Å². The molecule has 0 saturated carbocycles. The fourth-order valence-corrected chi connectivity index (χ4v) is 3.58. The molecule has 0 amide bonds. The lowest BCUT2D eigenvalue weighted by Gasteiger charge is -2.13. The monoisotopic (exact) mass is 404 g/mol. The molecular formula is C18H13ClN2O5S. The first-order valence-corrected chi connectivity index (χ1v) is 9.51. The second kappa shape index (κ2) is 7.65. The number of nitro benzene ring substituents is 1. The lowest BCUT2D eigenvalue weighted by atomic mass is 10.3. The highest BCUT2D eigenvalue weighted by atomic mass is 35.5. The molecule has 0 unspecified atom stereocenters. The number of sulfonamides is 1. The molecule has 3 aromatic rings.